The Hall–Kier alpha value is -0.370. The average molecular weight is 114 g/mol. The summed E-state index contributed by atoms with van der Waals surface area (Å²) < 4.78 is 0. The highest BCUT2D eigenvalue weighted by Crippen LogP contribution is 1.84. The lowest BCUT2D eigenvalue weighted by atomic mass is 10.2. The summed E-state index contributed by atoms with van der Waals surface area (Å²) in [4.78, 5) is 3.89. The number of hydrogen-bond donors (Lipinski definition) is 1. The van der Waals surface area contributed by atoms with Crippen molar-refractivity contribution in [2.45, 2.75) is 6.92 Å². The Bertz CT molecular complexity index is 68.9. The summed E-state index contributed by atoms with van der Waals surface area (Å²) in [7, 11) is 3.74. The van der Waals surface area contributed by atoms with E-state index in [1.165, 1.54) is 0 Å². The van der Waals surface area contributed by atoms with E-state index in [1.807, 2.05) is 13.3 Å². The van der Waals surface area contributed by atoms with Crippen molar-refractivity contribution in [3.8, 4) is 0 Å². The molecule has 0 saturated heterocycles. The summed E-state index contributed by atoms with van der Waals surface area (Å²) in [6.45, 7) is 3.14. The average Bonchev–Trinajstić information content (AvgIpc) is 1.68. The molecule has 0 spiro atoms. The van der Waals surface area contributed by atoms with E-state index in [0.717, 1.165) is 6.54 Å². The van der Waals surface area contributed by atoms with E-state index in [1.54, 1.807) is 7.05 Å². The molecule has 0 radical (unpaired) electrons. The number of rotatable bonds is 3. The van der Waals surface area contributed by atoms with Crippen molar-refractivity contribution in [1.82, 2.24) is 5.32 Å². The van der Waals surface area contributed by atoms with Crippen molar-refractivity contribution < 1.29 is 0 Å². The highest BCUT2D eigenvalue weighted by molar-refractivity contribution is 5.60. The van der Waals surface area contributed by atoms with Gasteiger partial charge in [-0.1, -0.05) is 6.92 Å². The maximum absolute atomic E-state index is 3.89. The van der Waals surface area contributed by atoms with Gasteiger partial charge in [-0.05, 0) is 7.05 Å². The number of hydrogen-bond acceptors (Lipinski definition) is 2. The predicted octanol–water partition coefficient (Wildman–Crippen LogP) is 0.542. The molecule has 1 N–H and O–H groups in total. The molecule has 48 valence electrons. The molecule has 1 unspecified atom stereocenters. The first-order valence-electron chi connectivity index (χ1n) is 2.88. The van der Waals surface area contributed by atoms with Gasteiger partial charge in [-0.15, -0.1) is 0 Å². The Morgan fingerprint density at radius 1 is 1.75 bits per heavy atom. The predicted molar refractivity (Wildman–Crippen MR) is 37.5 cm³/mol. The second kappa shape index (κ2) is 4.78. The van der Waals surface area contributed by atoms with Crippen LogP contribution in [-0.4, -0.2) is 26.9 Å². The molecular weight excluding hydrogens is 100 g/mol. The van der Waals surface area contributed by atoms with Gasteiger partial charge in [-0.2, -0.15) is 0 Å². The van der Waals surface area contributed by atoms with E-state index in [4.69, 9.17) is 0 Å². The summed E-state index contributed by atoms with van der Waals surface area (Å²) >= 11 is 0. The van der Waals surface area contributed by atoms with Gasteiger partial charge in [0, 0.05) is 25.7 Å². The third kappa shape index (κ3) is 3.81. The van der Waals surface area contributed by atoms with Crippen LogP contribution >= 0.6 is 0 Å². The summed E-state index contributed by atoms with van der Waals surface area (Å²) in [5, 5.41) is 3.06. The molecule has 0 aromatic carbocycles. The smallest absolute Gasteiger partial charge is 0.0273 e. The van der Waals surface area contributed by atoms with Crippen molar-refractivity contribution in [1.29, 1.82) is 0 Å². The van der Waals surface area contributed by atoms with Crippen LogP contribution < -0.4 is 5.32 Å². The lowest BCUT2D eigenvalue weighted by Gasteiger charge is -2.00. The second-order valence-electron chi connectivity index (χ2n) is 1.94. The molecule has 0 aliphatic rings. The van der Waals surface area contributed by atoms with Gasteiger partial charge in [-0.3, -0.25) is 0 Å². The van der Waals surface area contributed by atoms with Gasteiger partial charge in [0.1, 0.15) is 0 Å². The lowest BCUT2D eigenvalue weighted by Crippen LogP contribution is -2.16. The minimum Gasteiger partial charge on any atom is -0.319 e. The molecule has 8 heavy (non-hydrogen) atoms. The van der Waals surface area contributed by atoms with E-state index in [2.05, 4.69) is 17.2 Å². The standard InChI is InChI=1S/C6H14N2/c1-6(4-7-2)5-8-3/h4,6,8H,5H2,1-3H3. The molecule has 0 aliphatic carbocycles. The highest BCUT2D eigenvalue weighted by atomic mass is 14.8. The topological polar surface area (TPSA) is 24.4 Å². The zero-order valence-corrected chi connectivity index (χ0v) is 5.81. The first-order chi connectivity index (χ1) is 3.81. The van der Waals surface area contributed by atoms with E-state index >= 15 is 0 Å². The minimum atomic E-state index is 0.560. The fraction of sp³-hybridized carbons (Fsp3) is 0.833. The van der Waals surface area contributed by atoms with Crippen LogP contribution in [0.2, 0.25) is 0 Å². The van der Waals surface area contributed by atoms with Crippen molar-refractivity contribution >= 4 is 6.21 Å². The highest BCUT2D eigenvalue weighted by Gasteiger charge is 1.91. The van der Waals surface area contributed by atoms with E-state index < -0.39 is 0 Å². The molecule has 1 atom stereocenters. The van der Waals surface area contributed by atoms with Crippen molar-refractivity contribution in [3.63, 3.8) is 0 Å². The van der Waals surface area contributed by atoms with Crippen molar-refractivity contribution in [2.75, 3.05) is 20.6 Å². The van der Waals surface area contributed by atoms with Crippen molar-refractivity contribution in [3.05, 3.63) is 0 Å². The van der Waals surface area contributed by atoms with Gasteiger partial charge in [-0.25, -0.2) is 0 Å². The lowest BCUT2D eigenvalue weighted by molar-refractivity contribution is 0.689. The Labute approximate surface area is 51.0 Å². The largest absolute Gasteiger partial charge is 0.319 e. The molecule has 0 bridgehead atoms. The van der Waals surface area contributed by atoms with Gasteiger partial charge >= 0.3 is 0 Å². The summed E-state index contributed by atoms with van der Waals surface area (Å²) in [6, 6.07) is 0. The van der Waals surface area contributed by atoms with Crippen LogP contribution in [0, 0.1) is 5.92 Å². The molecular formula is C6H14N2. The maximum Gasteiger partial charge on any atom is 0.0273 e. The maximum atomic E-state index is 3.89. The molecule has 0 saturated carbocycles. The van der Waals surface area contributed by atoms with Crippen LogP contribution in [0.25, 0.3) is 0 Å². The zero-order valence-electron chi connectivity index (χ0n) is 5.81. The fourth-order valence-electron chi connectivity index (χ4n) is 0.629. The van der Waals surface area contributed by atoms with Crippen LogP contribution in [0.1, 0.15) is 6.92 Å². The minimum absolute atomic E-state index is 0.560. The first-order valence-corrected chi connectivity index (χ1v) is 2.88. The molecule has 0 aromatic heterocycles. The third-order valence-electron chi connectivity index (χ3n) is 0.930. The van der Waals surface area contributed by atoms with Gasteiger partial charge in [0.25, 0.3) is 0 Å². The number of nitrogens with zero attached hydrogens (tertiary/aromatic N) is 1. The van der Waals surface area contributed by atoms with Gasteiger partial charge in [0.15, 0.2) is 0 Å². The summed E-state index contributed by atoms with van der Waals surface area (Å²) in [5.41, 5.74) is 0. The third-order valence-corrected chi connectivity index (χ3v) is 0.930. The molecule has 2 nitrogen and oxygen atoms in total. The van der Waals surface area contributed by atoms with E-state index in [-0.39, 0.29) is 0 Å². The number of aliphatic imine (C=N–C) groups is 1. The quantitative estimate of drug-likeness (QED) is 0.532. The second-order valence-corrected chi connectivity index (χ2v) is 1.94. The zero-order chi connectivity index (χ0) is 6.41. The Kier molecular flexibility index (Phi) is 4.56. The normalized spacial score (nSPS) is 14.9. The Morgan fingerprint density at radius 2 is 2.38 bits per heavy atom. The Morgan fingerprint density at radius 3 is 2.75 bits per heavy atom. The summed E-state index contributed by atoms with van der Waals surface area (Å²) in [5.74, 6) is 0.560. The first kappa shape index (κ1) is 7.63. The van der Waals surface area contributed by atoms with Gasteiger partial charge < -0.3 is 10.3 Å². The van der Waals surface area contributed by atoms with Gasteiger partial charge in [0.2, 0.25) is 0 Å². The number of nitrogens with one attached hydrogen (secondary N) is 1. The molecule has 0 rings (SSSR count). The molecule has 0 amide bonds. The molecule has 0 aromatic rings. The molecule has 0 fully saturated rings. The van der Waals surface area contributed by atoms with Crippen molar-refractivity contribution in [2.24, 2.45) is 10.9 Å². The van der Waals surface area contributed by atoms with Crippen LogP contribution in [0.3, 0.4) is 0 Å². The monoisotopic (exact) mass is 114 g/mol. The molecule has 0 aliphatic heterocycles. The fourth-order valence-corrected chi connectivity index (χ4v) is 0.629. The summed E-state index contributed by atoms with van der Waals surface area (Å²) in [6.07, 6.45) is 1.94. The van der Waals surface area contributed by atoms with E-state index in [9.17, 15) is 0 Å². The molecule has 0 heterocycles. The van der Waals surface area contributed by atoms with E-state index in [0.29, 0.717) is 5.92 Å². The van der Waals surface area contributed by atoms with Crippen LogP contribution in [-0.2, 0) is 0 Å². The van der Waals surface area contributed by atoms with Crippen LogP contribution in [0.4, 0.5) is 0 Å². The van der Waals surface area contributed by atoms with Gasteiger partial charge in [0.05, 0.1) is 0 Å². The Balaban J connectivity index is 3.17. The van der Waals surface area contributed by atoms with Crippen LogP contribution in [0.5, 0.6) is 0 Å². The molecule has 2 heteroatoms. The SMILES string of the molecule is CN=CC(C)CNC. The van der Waals surface area contributed by atoms with Crippen LogP contribution in [0.15, 0.2) is 4.99 Å².